The topological polar surface area (TPSA) is 81.7 Å². The maximum absolute atomic E-state index is 10.9. The maximum Gasteiger partial charge on any atom is 0.407 e. The molecule has 6 nitrogen and oxygen atoms in total. The van der Waals surface area contributed by atoms with E-state index in [1.54, 1.807) is 7.05 Å². The number of likely N-dealkylation sites (tertiary alicyclic amines) is 1. The molecule has 0 radical (unpaired) electrons. The minimum atomic E-state index is -0.854. The van der Waals surface area contributed by atoms with Gasteiger partial charge in [0.25, 0.3) is 0 Å². The molecule has 0 unspecified atom stereocenters. The Morgan fingerprint density at radius 2 is 2.00 bits per heavy atom. The fourth-order valence-electron chi connectivity index (χ4n) is 1.65. The summed E-state index contributed by atoms with van der Waals surface area (Å²) in [6.07, 6.45) is 0.778. The lowest BCUT2D eigenvalue weighted by molar-refractivity contribution is 0.124. The number of nitrogens with zero attached hydrogens (tertiary/aromatic N) is 1. The van der Waals surface area contributed by atoms with Crippen LogP contribution < -0.4 is 10.6 Å². The van der Waals surface area contributed by atoms with Crippen LogP contribution in [0.4, 0.5) is 9.59 Å². The molecule has 3 amide bonds. The average Bonchev–Trinajstić information content (AvgIpc) is 2.26. The third-order valence-corrected chi connectivity index (χ3v) is 2.66. The number of carbonyl (C=O) groups is 2. The first kappa shape index (κ1) is 11.6. The van der Waals surface area contributed by atoms with E-state index in [1.807, 2.05) is 0 Å². The fourth-order valence-corrected chi connectivity index (χ4v) is 1.65. The summed E-state index contributed by atoms with van der Waals surface area (Å²) in [5, 5.41) is 13.9. The van der Waals surface area contributed by atoms with Crippen LogP contribution in [0.5, 0.6) is 0 Å². The highest BCUT2D eigenvalue weighted by molar-refractivity contribution is 5.73. The van der Waals surface area contributed by atoms with Crippen LogP contribution >= 0.6 is 0 Å². The van der Waals surface area contributed by atoms with Gasteiger partial charge in [-0.3, -0.25) is 0 Å². The highest BCUT2D eigenvalue weighted by atomic mass is 16.4. The van der Waals surface area contributed by atoms with Gasteiger partial charge in [0.15, 0.2) is 0 Å². The Morgan fingerprint density at radius 1 is 1.40 bits per heavy atom. The Kier molecular flexibility index (Phi) is 4.20. The summed E-state index contributed by atoms with van der Waals surface area (Å²) in [5.74, 6) is 0.387. The van der Waals surface area contributed by atoms with E-state index >= 15 is 0 Å². The summed E-state index contributed by atoms with van der Waals surface area (Å²) >= 11 is 0. The van der Waals surface area contributed by atoms with Gasteiger partial charge in [0.2, 0.25) is 0 Å². The molecular weight excluding hydrogens is 198 g/mol. The zero-order valence-corrected chi connectivity index (χ0v) is 8.82. The number of urea groups is 1. The predicted molar refractivity (Wildman–Crippen MR) is 54.8 cm³/mol. The van der Waals surface area contributed by atoms with Crippen molar-refractivity contribution >= 4 is 12.1 Å². The summed E-state index contributed by atoms with van der Waals surface area (Å²) in [4.78, 5) is 22.9. The lowest BCUT2D eigenvalue weighted by atomic mass is 9.97. The van der Waals surface area contributed by atoms with Crippen molar-refractivity contribution in [3.05, 3.63) is 0 Å². The van der Waals surface area contributed by atoms with Crippen LogP contribution in [0.3, 0.4) is 0 Å². The van der Waals surface area contributed by atoms with E-state index in [0.717, 1.165) is 12.8 Å². The fraction of sp³-hybridized carbons (Fsp3) is 0.778. The van der Waals surface area contributed by atoms with Crippen molar-refractivity contribution in [3.63, 3.8) is 0 Å². The van der Waals surface area contributed by atoms with Crippen molar-refractivity contribution in [2.75, 3.05) is 26.7 Å². The van der Waals surface area contributed by atoms with Crippen LogP contribution in [0.2, 0.25) is 0 Å². The van der Waals surface area contributed by atoms with Gasteiger partial charge in [0.1, 0.15) is 0 Å². The SMILES string of the molecule is CNC(=O)NCC1CCN(C(=O)O)CC1. The number of amides is 3. The molecule has 1 saturated heterocycles. The second-order valence-corrected chi connectivity index (χ2v) is 3.67. The van der Waals surface area contributed by atoms with Gasteiger partial charge in [-0.05, 0) is 18.8 Å². The Morgan fingerprint density at radius 3 is 2.47 bits per heavy atom. The number of rotatable bonds is 2. The van der Waals surface area contributed by atoms with E-state index in [1.165, 1.54) is 4.90 Å². The minimum absolute atomic E-state index is 0.185. The molecule has 1 aliphatic rings. The first-order valence-electron chi connectivity index (χ1n) is 5.07. The second-order valence-electron chi connectivity index (χ2n) is 3.67. The van der Waals surface area contributed by atoms with Crippen molar-refractivity contribution in [1.82, 2.24) is 15.5 Å². The van der Waals surface area contributed by atoms with E-state index in [0.29, 0.717) is 25.6 Å². The van der Waals surface area contributed by atoms with Crippen molar-refractivity contribution in [1.29, 1.82) is 0 Å². The van der Waals surface area contributed by atoms with E-state index in [9.17, 15) is 9.59 Å². The molecule has 3 N–H and O–H groups in total. The van der Waals surface area contributed by atoms with Crippen LogP contribution in [0.1, 0.15) is 12.8 Å². The van der Waals surface area contributed by atoms with Crippen molar-refractivity contribution in [2.45, 2.75) is 12.8 Å². The highest BCUT2D eigenvalue weighted by Crippen LogP contribution is 2.16. The molecule has 1 aliphatic heterocycles. The van der Waals surface area contributed by atoms with Gasteiger partial charge in [-0.1, -0.05) is 0 Å². The molecule has 0 bridgehead atoms. The molecule has 0 aliphatic carbocycles. The zero-order valence-electron chi connectivity index (χ0n) is 8.82. The van der Waals surface area contributed by atoms with Gasteiger partial charge in [-0.15, -0.1) is 0 Å². The predicted octanol–water partition coefficient (Wildman–Crippen LogP) is 0.305. The molecule has 0 aromatic carbocycles. The van der Waals surface area contributed by atoms with E-state index in [2.05, 4.69) is 10.6 Å². The molecule has 1 rings (SSSR count). The number of carbonyl (C=O) groups excluding carboxylic acids is 1. The molecule has 0 atom stereocenters. The first-order valence-corrected chi connectivity index (χ1v) is 5.07. The Balaban J connectivity index is 2.20. The summed E-state index contributed by atoms with van der Waals surface area (Å²) in [6.45, 7) is 1.75. The maximum atomic E-state index is 10.9. The number of carboxylic acid groups (broad SMARTS) is 1. The standard InChI is InChI=1S/C9H17N3O3/c1-10-8(13)11-6-7-2-4-12(5-3-7)9(14)15/h7H,2-6H2,1H3,(H,14,15)(H2,10,11,13). The molecule has 6 heteroatoms. The normalized spacial score (nSPS) is 17.3. The van der Waals surface area contributed by atoms with Crippen LogP contribution in [0, 0.1) is 5.92 Å². The molecule has 0 spiro atoms. The third-order valence-electron chi connectivity index (χ3n) is 2.66. The minimum Gasteiger partial charge on any atom is -0.465 e. The van der Waals surface area contributed by atoms with Gasteiger partial charge in [-0.25, -0.2) is 9.59 Å². The van der Waals surface area contributed by atoms with Crippen LogP contribution in [-0.4, -0.2) is 48.8 Å². The van der Waals surface area contributed by atoms with Gasteiger partial charge in [0.05, 0.1) is 0 Å². The van der Waals surface area contributed by atoms with E-state index in [4.69, 9.17) is 5.11 Å². The van der Waals surface area contributed by atoms with E-state index < -0.39 is 6.09 Å². The molecule has 1 heterocycles. The summed E-state index contributed by atoms with van der Waals surface area (Å²) in [7, 11) is 1.57. The number of nitrogens with one attached hydrogen (secondary N) is 2. The molecule has 0 saturated carbocycles. The monoisotopic (exact) mass is 215 g/mol. The second kappa shape index (κ2) is 5.43. The zero-order chi connectivity index (χ0) is 11.3. The quantitative estimate of drug-likeness (QED) is 0.620. The summed E-state index contributed by atoms with van der Waals surface area (Å²) in [6, 6.07) is -0.185. The number of hydrogen-bond acceptors (Lipinski definition) is 2. The molecule has 86 valence electrons. The number of hydrogen-bond donors (Lipinski definition) is 3. The van der Waals surface area contributed by atoms with Crippen molar-refractivity contribution in [3.8, 4) is 0 Å². The summed E-state index contributed by atoms with van der Waals surface area (Å²) < 4.78 is 0. The first-order chi connectivity index (χ1) is 7.13. The molecule has 15 heavy (non-hydrogen) atoms. The lowest BCUT2D eigenvalue weighted by Crippen LogP contribution is -2.42. The van der Waals surface area contributed by atoms with Crippen LogP contribution in [-0.2, 0) is 0 Å². The van der Waals surface area contributed by atoms with Crippen molar-refractivity contribution in [2.24, 2.45) is 5.92 Å². The highest BCUT2D eigenvalue weighted by Gasteiger charge is 2.22. The Bertz CT molecular complexity index is 237. The molecule has 0 aromatic heterocycles. The number of piperidine rings is 1. The Hall–Kier alpha value is -1.46. The lowest BCUT2D eigenvalue weighted by Gasteiger charge is -2.29. The van der Waals surface area contributed by atoms with Gasteiger partial charge < -0.3 is 20.6 Å². The summed E-state index contributed by atoms with van der Waals surface area (Å²) in [5.41, 5.74) is 0. The van der Waals surface area contributed by atoms with Crippen LogP contribution in [0.25, 0.3) is 0 Å². The van der Waals surface area contributed by atoms with Gasteiger partial charge in [-0.2, -0.15) is 0 Å². The molecular formula is C9H17N3O3. The Labute approximate surface area is 88.6 Å². The molecule has 1 fully saturated rings. The third kappa shape index (κ3) is 3.65. The molecule has 0 aromatic rings. The van der Waals surface area contributed by atoms with E-state index in [-0.39, 0.29) is 6.03 Å². The average molecular weight is 215 g/mol. The van der Waals surface area contributed by atoms with Crippen LogP contribution in [0.15, 0.2) is 0 Å². The largest absolute Gasteiger partial charge is 0.465 e. The smallest absolute Gasteiger partial charge is 0.407 e. The van der Waals surface area contributed by atoms with Crippen molar-refractivity contribution < 1.29 is 14.7 Å². The van der Waals surface area contributed by atoms with Gasteiger partial charge >= 0.3 is 12.1 Å². The van der Waals surface area contributed by atoms with Gasteiger partial charge in [0, 0.05) is 26.7 Å².